The Kier molecular flexibility index (Phi) is 8.08. The number of thioether (sulfide) groups is 4. The van der Waals surface area contributed by atoms with Crippen LogP contribution in [0.15, 0.2) is 20.0 Å². The lowest BCUT2D eigenvalue weighted by molar-refractivity contribution is -0.125. The van der Waals surface area contributed by atoms with E-state index in [-0.39, 0.29) is 17.0 Å². The van der Waals surface area contributed by atoms with E-state index in [9.17, 15) is 9.90 Å². The summed E-state index contributed by atoms with van der Waals surface area (Å²) in [5.74, 6) is 3.51. The van der Waals surface area contributed by atoms with E-state index in [1.54, 1.807) is 37.5 Å². The molecule has 0 aliphatic carbocycles. The van der Waals surface area contributed by atoms with Crippen LogP contribution in [0.4, 0.5) is 0 Å². The number of aliphatic hydroxyl groups is 1. The zero-order valence-corrected chi connectivity index (χ0v) is 25.6. The number of carbonyl (C=O) groups excluding carboxylic acids is 1. The molecule has 4 heterocycles. The molecule has 0 radical (unpaired) electrons. The average molecular weight is 571 g/mol. The van der Waals surface area contributed by atoms with Gasteiger partial charge in [-0.1, -0.05) is 13.8 Å². The van der Waals surface area contributed by atoms with Crippen LogP contribution >= 0.6 is 47.0 Å². The van der Waals surface area contributed by atoms with E-state index in [1.807, 2.05) is 30.4 Å². The summed E-state index contributed by atoms with van der Waals surface area (Å²) < 4.78 is 0. The largest absolute Gasteiger partial charge is 0.391 e. The number of aliphatic hydroxyl groups excluding tert-OH is 1. The molecule has 0 saturated heterocycles. The molecule has 12 heteroatoms. The number of carbonyl (C=O) groups is 1. The van der Waals surface area contributed by atoms with Crippen molar-refractivity contribution in [2.45, 2.75) is 82.9 Å². The second-order valence-corrected chi connectivity index (χ2v) is 15.0. The highest BCUT2D eigenvalue weighted by Crippen LogP contribution is 2.46. The first-order valence-corrected chi connectivity index (χ1v) is 16.3. The molecule has 0 aromatic carbocycles. The van der Waals surface area contributed by atoms with Crippen LogP contribution in [0.3, 0.4) is 0 Å². The van der Waals surface area contributed by atoms with E-state index in [4.69, 9.17) is 20.0 Å². The number of nitrogens with one attached hydrogen (secondary N) is 2. The number of hydrogen-bond donors (Lipinski definition) is 3. The Labute approximate surface area is 231 Å². The Morgan fingerprint density at radius 2 is 1.28 bits per heavy atom. The van der Waals surface area contributed by atoms with Gasteiger partial charge < -0.3 is 10.4 Å². The van der Waals surface area contributed by atoms with Crippen molar-refractivity contribution in [3.05, 3.63) is 0 Å². The number of amides is 1. The number of nitrogens with zero attached hydrogens (tertiary/aromatic N) is 4. The van der Waals surface area contributed by atoms with Gasteiger partial charge in [0.25, 0.3) is 0 Å². The minimum Gasteiger partial charge on any atom is -0.391 e. The molecule has 6 atom stereocenters. The predicted molar refractivity (Wildman–Crippen MR) is 161 cm³/mol. The second-order valence-electron chi connectivity index (χ2n) is 11.1. The van der Waals surface area contributed by atoms with Crippen molar-refractivity contribution in [3.8, 4) is 0 Å². The highest BCUT2D eigenvalue weighted by Gasteiger charge is 2.50. The summed E-state index contributed by atoms with van der Waals surface area (Å²) in [6, 6.07) is -0.732. The van der Waals surface area contributed by atoms with Gasteiger partial charge in [0.2, 0.25) is 5.91 Å². The van der Waals surface area contributed by atoms with Crippen molar-refractivity contribution in [1.29, 1.82) is 0 Å². The molecule has 0 aromatic rings. The molecule has 0 unspecified atom stereocenters. The van der Waals surface area contributed by atoms with E-state index in [0.29, 0.717) is 11.7 Å². The average Bonchev–Trinajstić information content (AvgIpc) is 3.59. The van der Waals surface area contributed by atoms with Gasteiger partial charge >= 0.3 is 0 Å². The van der Waals surface area contributed by atoms with Crippen LogP contribution in [-0.4, -0.2) is 95.7 Å². The van der Waals surface area contributed by atoms with Gasteiger partial charge in [0, 0.05) is 36.0 Å². The summed E-state index contributed by atoms with van der Waals surface area (Å²) >= 11 is 7.13. The number of aliphatic imine (C=N–C) groups is 4. The van der Waals surface area contributed by atoms with Gasteiger partial charge in [-0.05, 0) is 34.6 Å². The van der Waals surface area contributed by atoms with Crippen molar-refractivity contribution >= 4 is 73.1 Å². The first kappa shape index (κ1) is 28.5. The van der Waals surface area contributed by atoms with E-state index < -0.39 is 23.3 Å². The first-order chi connectivity index (χ1) is 16.7. The lowest BCUT2D eigenvalue weighted by Gasteiger charge is -2.29. The minimum atomic E-state index is -0.832. The Bertz CT molecular complexity index is 1050. The van der Waals surface area contributed by atoms with Gasteiger partial charge in [-0.25, -0.2) is 0 Å². The summed E-state index contributed by atoms with van der Waals surface area (Å²) in [7, 11) is 1.57. The van der Waals surface area contributed by atoms with Crippen LogP contribution in [0.2, 0.25) is 0 Å². The highest BCUT2D eigenvalue weighted by molar-refractivity contribution is 8.17. The van der Waals surface area contributed by atoms with E-state index in [0.717, 1.165) is 32.4 Å². The summed E-state index contributed by atoms with van der Waals surface area (Å²) in [4.78, 5) is 32.8. The molecule has 4 rings (SSSR count). The standard InChI is InChI=1S/C24H38N6O2S4/c1-13(2)17-27-21(4,9-33-17)18-28-22(5,10-34-18)19-29-23(6,11-35-19)20-30-24(7,12-36-20)26-15(14(3)31)16(32)25-8/h13-15,26,31H,9-12H2,1-8H3,(H,25,32)/t14-,15+,21+,22-,23-,24+/m0/s1. The molecule has 8 nitrogen and oxygen atoms in total. The molecule has 4 aliphatic rings. The van der Waals surface area contributed by atoms with E-state index in [1.165, 1.54) is 5.04 Å². The van der Waals surface area contributed by atoms with Gasteiger partial charge in [-0.3, -0.25) is 30.1 Å². The Morgan fingerprint density at radius 1 is 0.806 bits per heavy atom. The topological polar surface area (TPSA) is 111 Å². The van der Waals surface area contributed by atoms with E-state index >= 15 is 0 Å². The zero-order chi connectivity index (χ0) is 26.5. The third-order valence-electron chi connectivity index (χ3n) is 6.73. The van der Waals surface area contributed by atoms with Gasteiger partial charge in [0.1, 0.15) is 28.3 Å². The Balaban J connectivity index is 1.53. The van der Waals surface area contributed by atoms with Gasteiger partial charge in [-0.2, -0.15) is 0 Å². The predicted octanol–water partition coefficient (Wildman–Crippen LogP) is 3.30. The minimum absolute atomic E-state index is 0.246. The van der Waals surface area contributed by atoms with Crippen molar-refractivity contribution < 1.29 is 9.90 Å². The highest BCUT2D eigenvalue weighted by atomic mass is 32.2. The molecular formula is C24H38N6O2S4. The molecule has 3 N–H and O–H groups in total. The zero-order valence-electron chi connectivity index (χ0n) is 22.3. The molecule has 0 fully saturated rings. The maximum absolute atomic E-state index is 12.3. The van der Waals surface area contributed by atoms with Gasteiger partial charge in [-0.15, -0.1) is 47.0 Å². The molecule has 200 valence electrons. The summed E-state index contributed by atoms with van der Waals surface area (Å²) in [5, 5.41) is 20.4. The van der Waals surface area contributed by atoms with Crippen molar-refractivity contribution in [3.63, 3.8) is 0 Å². The van der Waals surface area contributed by atoms with Crippen molar-refractivity contribution in [1.82, 2.24) is 10.6 Å². The number of likely N-dealkylation sites (N-methyl/N-ethyl adjacent to an activating group) is 1. The van der Waals surface area contributed by atoms with Crippen LogP contribution in [0.5, 0.6) is 0 Å². The maximum Gasteiger partial charge on any atom is 0.239 e. The lowest BCUT2D eigenvalue weighted by atomic mass is 10.0. The third kappa shape index (κ3) is 5.45. The van der Waals surface area contributed by atoms with Gasteiger partial charge in [0.15, 0.2) is 0 Å². The Hall–Kier alpha value is -0.530. The van der Waals surface area contributed by atoms with Crippen LogP contribution in [0, 0.1) is 5.92 Å². The van der Waals surface area contributed by atoms with Crippen LogP contribution in [0.25, 0.3) is 0 Å². The summed E-state index contributed by atoms with van der Waals surface area (Å²) in [5.41, 5.74) is -1.68. The second kappa shape index (κ2) is 10.2. The van der Waals surface area contributed by atoms with Crippen molar-refractivity contribution in [2.75, 3.05) is 30.1 Å². The maximum atomic E-state index is 12.3. The van der Waals surface area contributed by atoms with Crippen molar-refractivity contribution in [2.24, 2.45) is 25.9 Å². The summed E-state index contributed by atoms with van der Waals surface area (Å²) in [6.45, 7) is 14.5. The molecule has 1 amide bonds. The lowest BCUT2D eigenvalue weighted by Crippen LogP contribution is -2.57. The molecule has 0 aromatic heterocycles. The number of rotatable bonds is 8. The smallest absolute Gasteiger partial charge is 0.239 e. The monoisotopic (exact) mass is 570 g/mol. The molecule has 0 bridgehead atoms. The SMILES string of the molecule is CNC(=O)[C@H](N[C@@]1(C)CSC([C@]2(C)CSC([C@]3(C)CSC([C@@]4(C)CSC(C(C)C)=N4)=N3)=N2)=N1)[C@H](C)O. The van der Waals surface area contributed by atoms with Crippen LogP contribution in [-0.2, 0) is 4.79 Å². The molecule has 4 aliphatic heterocycles. The normalized spacial score (nSPS) is 38.1. The molecular weight excluding hydrogens is 533 g/mol. The fourth-order valence-corrected chi connectivity index (χ4v) is 9.83. The molecule has 36 heavy (non-hydrogen) atoms. The molecule has 0 spiro atoms. The van der Waals surface area contributed by atoms with Gasteiger partial charge in [0.05, 0.1) is 26.3 Å². The first-order valence-electron chi connectivity index (χ1n) is 12.3. The fraction of sp³-hybridized carbons (Fsp3) is 0.792. The van der Waals surface area contributed by atoms with E-state index in [2.05, 4.69) is 45.3 Å². The Morgan fingerprint density at radius 3 is 1.75 bits per heavy atom. The van der Waals surface area contributed by atoms with Crippen LogP contribution in [0.1, 0.15) is 48.5 Å². The number of hydrogen-bond acceptors (Lipinski definition) is 11. The third-order valence-corrected chi connectivity index (χ3v) is 12.8. The molecule has 0 saturated carbocycles. The fourth-order valence-electron chi connectivity index (χ4n) is 4.44. The summed E-state index contributed by atoms with van der Waals surface area (Å²) in [6.07, 6.45) is -0.832. The van der Waals surface area contributed by atoms with Crippen LogP contribution < -0.4 is 10.6 Å². The quantitative estimate of drug-likeness (QED) is 0.411.